The summed E-state index contributed by atoms with van der Waals surface area (Å²) in [5.41, 5.74) is -0.143. The minimum atomic E-state index is -0.143. The van der Waals surface area contributed by atoms with E-state index in [9.17, 15) is 0 Å². The van der Waals surface area contributed by atoms with Crippen molar-refractivity contribution in [2.24, 2.45) is 5.41 Å². The first-order chi connectivity index (χ1) is 6.35. The van der Waals surface area contributed by atoms with Crippen LogP contribution in [0.3, 0.4) is 0 Å². The number of hydrogen-bond donors (Lipinski definition) is 1. The van der Waals surface area contributed by atoms with E-state index in [2.05, 4.69) is 11.4 Å². The molecule has 2 rings (SSSR count). The van der Waals surface area contributed by atoms with Gasteiger partial charge in [0.1, 0.15) is 0 Å². The molecule has 0 spiro atoms. The van der Waals surface area contributed by atoms with Gasteiger partial charge in [-0.1, -0.05) is 12.8 Å². The Hall–Kier alpha value is -0.590. The van der Waals surface area contributed by atoms with E-state index in [0.29, 0.717) is 12.7 Å². The summed E-state index contributed by atoms with van der Waals surface area (Å²) in [6.07, 6.45) is 4.82. The molecule has 13 heavy (non-hydrogen) atoms. The smallest absolute Gasteiger partial charge is 0.0824 e. The van der Waals surface area contributed by atoms with Crippen molar-refractivity contribution in [3.8, 4) is 6.07 Å². The summed E-state index contributed by atoms with van der Waals surface area (Å²) in [5.74, 6) is 0. The van der Waals surface area contributed by atoms with Gasteiger partial charge < -0.3 is 10.1 Å². The Labute approximate surface area is 79.1 Å². The standard InChI is InChI=1S/C10H16N2O/c11-7-10(3-1-2-4-10)8-13-9-5-12-6-9/h9,12H,1-6,8H2. The average Bonchev–Trinajstić information content (AvgIpc) is 2.51. The summed E-state index contributed by atoms with van der Waals surface area (Å²) in [4.78, 5) is 0. The lowest BCUT2D eigenvalue weighted by atomic mass is 9.89. The number of nitrogens with zero attached hydrogens (tertiary/aromatic N) is 1. The van der Waals surface area contributed by atoms with Crippen LogP contribution in [-0.4, -0.2) is 25.8 Å². The molecule has 3 heteroatoms. The zero-order chi connectivity index (χ0) is 9.15. The van der Waals surface area contributed by atoms with E-state index >= 15 is 0 Å². The first-order valence-corrected chi connectivity index (χ1v) is 5.08. The topological polar surface area (TPSA) is 45.0 Å². The Kier molecular flexibility index (Phi) is 2.52. The average molecular weight is 180 g/mol. The van der Waals surface area contributed by atoms with Crippen LogP contribution in [0.4, 0.5) is 0 Å². The van der Waals surface area contributed by atoms with Gasteiger partial charge in [0.05, 0.1) is 24.2 Å². The predicted molar refractivity (Wildman–Crippen MR) is 49.1 cm³/mol. The van der Waals surface area contributed by atoms with Crippen LogP contribution < -0.4 is 5.32 Å². The van der Waals surface area contributed by atoms with Crippen molar-refractivity contribution in [1.29, 1.82) is 5.26 Å². The maximum Gasteiger partial charge on any atom is 0.0824 e. The van der Waals surface area contributed by atoms with Gasteiger partial charge in [0.25, 0.3) is 0 Å². The molecule has 3 nitrogen and oxygen atoms in total. The number of nitrogens with one attached hydrogen (secondary N) is 1. The lowest BCUT2D eigenvalue weighted by molar-refractivity contribution is -0.0153. The highest BCUT2D eigenvalue weighted by Crippen LogP contribution is 2.37. The molecule has 1 aliphatic carbocycles. The molecule has 0 aromatic heterocycles. The van der Waals surface area contributed by atoms with E-state index in [1.807, 2.05) is 0 Å². The Morgan fingerprint density at radius 2 is 2.08 bits per heavy atom. The maximum absolute atomic E-state index is 9.07. The second-order valence-corrected chi connectivity index (χ2v) is 4.19. The van der Waals surface area contributed by atoms with Gasteiger partial charge in [0.15, 0.2) is 0 Å². The summed E-state index contributed by atoms with van der Waals surface area (Å²) in [7, 11) is 0. The largest absolute Gasteiger partial charge is 0.374 e. The van der Waals surface area contributed by atoms with E-state index in [4.69, 9.17) is 10.00 Å². The number of nitriles is 1. The molecule has 0 bridgehead atoms. The Morgan fingerprint density at radius 3 is 2.54 bits per heavy atom. The molecule has 0 atom stereocenters. The molecule has 1 heterocycles. The van der Waals surface area contributed by atoms with Gasteiger partial charge in [-0.2, -0.15) is 5.26 Å². The third kappa shape index (κ3) is 1.84. The monoisotopic (exact) mass is 180 g/mol. The quantitative estimate of drug-likeness (QED) is 0.706. The summed E-state index contributed by atoms with van der Waals surface area (Å²) in [6.45, 7) is 2.57. The van der Waals surface area contributed by atoms with Crippen molar-refractivity contribution in [2.75, 3.05) is 19.7 Å². The van der Waals surface area contributed by atoms with Crippen LogP contribution in [0.15, 0.2) is 0 Å². The van der Waals surface area contributed by atoms with E-state index < -0.39 is 0 Å². The highest BCUT2D eigenvalue weighted by atomic mass is 16.5. The van der Waals surface area contributed by atoms with Crippen LogP contribution in [0.2, 0.25) is 0 Å². The fourth-order valence-electron chi connectivity index (χ4n) is 2.00. The highest BCUT2D eigenvalue weighted by Gasteiger charge is 2.35. The lowest BCUT2D eigenvalue weighted by Crippen LogP contribution is -2.49. The second kappa shape index (κ2) is 3.65. The Bertz CT molecular complexity index is 211. The van der Waals surface area contributed by atoms with Crippen LogP contribution in [-0.2, 0) is 4.74 Å². The summed E-state index contributed by atoms with van der Waals surface area (Å²) < 4.78 is 5.67. The first-order valence-electron chi connectivity index (χ1n) is 5.08. The maximum atomic E-state index is 9.07. The Balaban J connectivity index is 1.80. The van der Waals surface area contributed by atoms with Crippen molar-refractivity contribution in [3.05, 3.63) is 0 Å². The molecular weight excluding hydrogens is 164 g/mol. The van der Waals surface area contributed by atoms with Gasteiger partial charge in [0.2, 0.25) is 0 Å². The minimum absolute atomic E-state index is 0.143. The molecule has 0 aromatic rings. The molecule has 0 unspecified atom stereocenters. The molecule has 72 valence electrons. The fraction of sp³-hybridized carbons (Fsp3) is 0.900. The zero-order valence-electron chi connectivity index (χ0n) is 7.88. The van der Waals surface area contributed by atoms with Gasteiger partial charge >= 0.3 is 0 Å². The number of ether oxygens (including phenoxy) is 1. The van der Waals surface area contributed by atoms with Gasteiger partial charge in [-0.3, -0.25) is 0 Å². The van der Waals surface area contributed by atoms with Crippen molar-refractivity contribution in [3.63, 3.8) is 0 Å². The molecular formula is C10H16N2O. The number of hydrogen-bond acceptors (Lipinski definition) is 3. The molecule has 1 saturated carbocycles. The normalized spacial score (nSPS) is 26.7. The molecule has 1 aliphatic heterocycles. The van der Waals surface area contributed by atoms with E-state index in [1.165, 1.54) is 12.8 Å². The predicted octanol–water partition coefficient (Wildman–Crippen LogP) is 1.06. The van der Waals surface area contributed by atoms with Crippen molar-refractivity contribution in [1.82, 2.24) is 5.32 Å². The van der Waals surface area contributed by atoms with Gasteiger partial charge in [-0.05, 0) is 12.8 Å². The zero-order valence-corrected chi connectivity index (χ0v) is 7.88. The molecule has 0 amide bonds. The van der Waals surface area contributed by atoms with Gasteiger partial charge in [0, 0.05) is 13.1 Å². The molecule has 2 aliphatic rings. The number of rotatable bonds is 3. The molecule has 1 saturated heterocycles. The van der Waals surface area contributed by atoms with Crippen LogP contribution >= 0.6 is 0 Å². The highest BCUT2D eigenvalue weighted by molar-refractivity contribution is 5.02. The first kappa shape index (κ1) is 8.98. The Morgan fingerprint density at radius 1 is 1.38 bits per heavy atom. The van der Waals surface area contributed by atoms with E-state index in [0.717, 1.165) is 25.9 Å². The summed E-state index contributed by atoms with van der Waals surface area (Å²) in [5, 5.41) is 12.2. The fourth-order valence-corrected chi connectivity index (χ4v) is 2.00. The van der Waals surface area contributed by atoms with E-state index in [-0.39, 0.29) is 5.41 Å². The second-order valence-electron chi connectivity index (χ2n) is 4.19. The van der Waals surface area contributed by atoms with Crippen LogP contribution in [0.5, 0.6) is 0 Å². The molecule has 0 radical (unpaired) electrons. The lowest BCUT2D eigenvalue weighted by Gasteiger charge is -2.30. The summed E-state index contributed by atoms with van der Waals surface area (Å²) >= 11 is 0. The van der Waals surface area contributed by atoms with Crippen LogP contribution in [0.25, 0.3) is 0 Å². The van der Waals surface area contributed by atoms with Crippen molar-refractivity contribution >= 4 is 0 Å². The third-order valence-corrected chi connectivity index (χ3v) is 3.14. The minimum Gasteiger partial charge on any atom is -0.374 e. The SMILES string of the molecule is N#CC1(COC2CNC2)CCCC1. The van der Waals surface area contributed by atoms with Crippen LogP contribution in [0, 0.1) is 16.7 Å². The summed E-state index contributed by atoms with van der Waals surface area (Å²) in [6, 6.07) is 2.44. The van der Waals surface area contributed by atoms with Crippen molar-refractivity contribution < 1.29 is 4.74 Å². The van der Waals surface area contributed by atoms with Crippen LogP contribution in [0.1, 0.15) is 25.7 Å². The molecule has 2 fully saturated rings. The van der Waals surface area contributed by atoms with Crippen molar-refractivity contribution in [2.45, 2.75) is 31.8 Å². The molecule has 1 N–H and O–H groups in total. The van der Waals surface area contributed by atoms with Gasteiger partial charge in [-0.15, -0.1) is 0 Å². The third-order valence-electron chi connectivity index (χ3n) is 3.14. The van der Waals surface area contributed by atoms with E-state index in [1.54, 1.807) is 0 Å². The molecule has 0 aromatic carbocycles. The van der Waals surface area contributed by atoms with Gasteiger partial charge in [-0.25, -0.2) is 0 Å².